The number of H-pyrrole nitrogens is 1. The Morgan fingerprint density at radius 1 is 1.26 bits per heavy atom. The normalized spacial score (nSPS) is 28.1. The number of benzene rings is 1. The van der Waals surface area contributed by atoms with Crippen LogP contribution in [0.15, 0.2) is 36.9 Å². The summed E-state index contributed by atoms with van der Waals surface area (Å²) in [6.45, 7) is 5.07. The van der Waals surface area contributed by atoms with Crippen molar-refractivity contribution in [3.63, 3.8) is 0 Å². The van der Waals surface area contributed by atoms with Crippen LogP contribution in [0.1, 0.15) is 49.0 Å². The van der Waals surface area contributed by atoms with E-state index < -0.39 is 11.6 Å². The van der Waals surface area contributed by atoms with Gasteiger partial charge in [0.05, 0.1) is 19.7 Å². The highest BCUT2D eigenvalue weighted by Crippen LogP contribution is 2.60. The lowest BCUT2D eigenvalue weighted by molar-refractivity contribution is -0.138. The zero-order chi connectivity index (χ0) is 27.4. The number of aromatic nitrogens is 1. The first kappa shape index (κ1) is 25.6. The number of ether oxygens (including phenoxy) is 1. The lowest BCUT2D eigenvalue weighted by Gasteiger charge is -2.45. The number of ketones is 1. The Morgan fingerprint density at radius 3 is 2.72 bits per heavy atom. The third kappa shape index (κ3) is 4.40. The predicted molar refractivity (Wildman–Crippen MR) is 144 cm³/mol. The van der Waals surface area contributed by atoms with Gasteiger partial charge in [-0.15, -0.1) is 6.58 Å². The first-order valence-corrected chi connectivity index (χ1v) is 13.7. The molecule has 7 rings (SSSR count). The smallest absolute Gasteiger partial charge is 0.271 e. The molecule has 3 aliphatic heterocycles. The van der Waals surface area contributed by atoms with Crippen LogP contribution in [0.3, 0.4) is 0 Å². The maximum Gasteiger partial charge on any atom is 0.271 e. The third-order valence-corrected chi connectivity index (χ3v) is 8.97. The second-order valence-corrected chi connectivity index (χ2v) is 11.6. The molecule has 5 fully saturated rings. The molecule has 2 atom stereocenters. The highest BCUT2D eigenvalue weighted by molar-refractivity contribution is 6.04. The maximum atomic E-state index is 14.0. The maximum absolute atomic E-state index is 14.0. The van der Waals surface area contributed by atoms with E-state index in [0.717, 1.165) is 23.7 Å². The number of nitrogens with one attached hydrogen (secondary N) is 4. The van der Waals surface area contributed by atoms with E-state index in [1.54, 1.807) is 18.1 Å². The van der Waals surface area contributed by atoms with Crippen molar-refractivity contribution in [3.05, 3.63) is 42.6 Å². The number of Topliss-reactive ketones (excluding diaryl/α,β-unsaturated/α-hetero) is 1. The van der Waals surface area contributed by atoms with E-state index in [0.29, 0.717) is 49.8 Å². The number of fused-ring (bicyclic) bond motifs is 2. The molecule has 3 saturated heterocycles. The van der Waals surface area contributed by atoms with E-state index in [4.69, 9.17) is 4.74 Å². The molecule has 2 saturated carbocycles. The number of methoxy groups -OCH3 is 1. The van der Waals surface area contributed by atoms with Crippen molar-refractivity contribution in [2.45, 2.75) is 56.1 Å². The fourth-order valence-corrected chi connectivity index (χ4v) is 6.58. The van der Waals surface area contributed by atoms with E-state index in [2.05, 4.69) is 27.5 Å². The molecule has 2 aromatic rings. The Kier molecular flexibility index (Phi) is 6.25. The molecule has 3 amide bonds. The zero-order valence-corrected chi connectivity index (χ0v) is 22.2. The van der Waals surface area contributed by atoms with Gasteiger partial charge in [0.2, 0.25) is 11.8 Å². The number of nitrogens with zero attached hydrogens (tertiary/aromatic N) is 1. The van der Waals surface area contributed by atoms with Gasteiger partial charge >= 0.3 is 0 Å². The lowest BCUT2D eigenvalue weighted by atomic mass is 9.61. The number of hydrogen-bond donors (Lipinski definition) is 4. The molecule has 5 aliphatic rings. The number of carbonyl (C=O) groups is 4. The van der Waals surface area contributed by atoms with Crippen LogP contribution in [0.4, 0.5) is 0 Å². The molecular weight excluding hydrogens is 498 g/mol. The molecule has 10 nitrogen and oxygen atoms in total. The molecule has 1 aromatic carbocycles. The van der Waals surface area contributed by atoms with Gasteiger partial charge in [0.15, 0.2) is 5.78 Å². The van der Waals surface area contributed by atoms with E-state index in [1.807, 2.05) is 24.3 Å². The van der Waals surface area contributed by atoms with Crippen LogP contribution in [0.5, 0.6) is 5.75 Å². The van der Waals surface area contributed by atoms with Crippen molar-refractivity contribution in [1.29, 1.82) is 0 Å². The largest absolute Gasteiger partial charge is 0.496 e. The van der Waals surface area contributed by atoms with Crippen molar-refractivity contribution in [2.24, 2.45) is 11.3 Å². The Morgan fingerprint density at radius 2 is 2.05 bits per heavy atom. The van der Waals surface area contributed by atoms with Gasteiger partial charge in [-0.2, -0.15) is 0 Å². The fraction of sp³-hybridized carbons (Fsp3) is 0.517. The molecule has 206 valence electrons. The minimum atomic E-state index is -1.08. The van der Waals surface area contributed by atoms with E-state index in [1.165, 1.54) is 0 Å². The molecule has 1 aromatic heterocycles. The molecular formula is C29H35N5O5. The topological polar surface area (TPSA) is 133 Å². The molecule has 0 spiro atoms. The Hall–Kier alpha value is -3.66. The number of hydrogen-bond acceptors (Lipinski definition) is 6. The van der Waals surface area contributed by atoms with E-state index in [9.17, 15) is 19.2 Å². The van der Waals surface area contributed by atoms with E-state index >= 15 is 0 Å². The first-order valence-electron chi connectivity index (χ1n) is 13.7. The van der Waals surface area contributed by atoms with Crippen LogP contribution in [0.25, 0.3) is 10.9 Å². The second kappa shape index (κ2) is 9.51. The summed E-state index contributed by atoms with van der Waals surface area (Å²) in [4.78, 5) is 58.2. The Balaban J connectivity index is 1.25. The Labute approximate surface area is 226 Å². The first-order chi connectivity index (χ1) is 18.8. The summed E-state index contributed by atoms with van der Waals surface area (Å²) in [7, 11) is 1.58. The van der Waals surface area contributed by atoms with Crippen molar-refractivity contribution in [3.8, 4) is 5.75 Å². The summed E-state index contributed by atoms with van der Waals surface area (Å²) >= 11 is 0. The summed E-state index contributed by atoms with van der Waals surface area (Å²) in [6, 6.07) is 6.85. The number of rotatable bonds is 11. The van der Waals surface area contributed by atoms with E-state index in [-0.39, 0.29) is 47.8 Å². The van der Waals surface area contributed by atoms with Gasteiger partial charge in [-0.3, -0.25) is 19.2 Å². The Bertz CT molecular complexity index is 1360. The van der Waals surface area contributed by atoms with Crippen LogP contribution in [-0.4, -0.2) is 77.8 Å². The van der Waals surface area contributed by atoms with Gasteiger partial charge in [-0.25, -0.2) is 0 Å². The molecule has 2 aliphatic carbocycles. The number of carbonyl (C=O) groups excluding carboxylic acids is 4. The predicted octanol–water partition coefficient (Wildman–Crippen LogP) is 1.67. The standard InChI is InChI=1S/C29H35N5O5/c1-3-28-14-29(15-28,34(16-28)26(37)22-12-19-20(32-22)5-4-6-24(19)39-2)27(38)33-21(11-17-9-10-30-25(17)36)23(35)13-31-18-7-8-18/h3-6,12,17-18,21,31-32H,1,7-11,13-16H2,2H3,(H,30,36)(H,33,38). The summed E-state index contributed by atoms with van der Waals surface area (Å²) in [5.41, 5.74) is -0.274. The molecule has 2 bridgehead atoms. The third-order valence-electron chi connectivity index (χ3n) is 8.97. The molecule has 4 heterocycles. The monoisotopic (exact) mass is 533 g/mol. The quantitative estimate of drug-likeness (QED) is 0.325. The molecule has 4 N–H and O–H groups in total. The highest BCUT2D eigenvalue weighted by Gasteiger charge is 2.69. The second-order valence-electron chi connectivity index (χ2n) is 11.6. The van der Waals surface area contributed by atoms with Gasteiger partial charge < -0.3 is 30.6 Å². The van der Waals surface area contributed by atoms with Crippen LogP contribution < -0.4 is 20.7 Å². The highest BCUT2D eigenvalue weighted by atomic mass is 16.5. The fourth-order valence-electron chi connectivity index (χ4n) is 6.58. The van der Waals surface area contributed by atoms with Gasteiger partial charge in [-0.1, -0.05) is 12.1 Å². The van der Waals surface area contributed by atoms with Crippen LogP contribution >= 0.6 is 0 Å². The summed E-state index contributed by atoms with van der Waals surface area (Å²) in [5.74, 6) is -0.522. The molecule has 39 heavy (non-hydrogen) atoms. The van der Waals surface area contributed by atoms with Gasteiger partial charge in [0.25, 0.3) is 5.91 Å². The molecule has 0 radical (unpaired) electrons. The lowest BCUT2D eigenvalue weighted by Crippen LogP contribution is -2.63. The van der Waals surface area contributed by atoms with Gasteiger partial charge in [-0.05, 0) is 56.7 Å². The van der Waals surface area contributed by atoms with Gasteiger partial charge in [0, 0.05) is 41.4 Å². The summed E-state index contributed by atoms with van der Waals surface area (Å²) in [6.07, 6.45) is 5.71. The molecule has 2 unspecified atom stereocenters. The molecule has 10 heteroatoms. The van der Waals surface area contributed by atoms with Crippen molar-refractivity contribution in [2.75, 3.05) is 26.7 Å². The average Bonchev–Trinajstić information content (AvgIpc) is 3.24. The van der Waals surface area contributed by atoms with Crippen LogP contribution in [0, 0.1) is 11.3 Å². The summed E-state index contributed by atoms with van der Waals surface area (Å²) < 4.78 is 5.45. The van der Waals surface area contributed by atoms with Crippen LogP contribution in [-0.2, 0) is 14.4 Å². The summed E-state index contributed by atoms with van der Waals surface area (Å²) in [5, 5.41) is 9.81. The number of amides is 3. The minimum Gasteiger partial charge on any atom is -0.496 e. The van der Waals surface area contributed by atoms with Crippen molar-refractivity contribution >= 4 is 34.4 Å². The minimum absolute atomic E-state index is 0.0865. The average molecular weight is 534 g/mol. The zero-order valence-electron chi connectivity index (χ0n) is 22.2. The van der Waals surface area contributed by atoms with Gasteiger partial charge in [0.1, 0.15) is 17.0 Å². The number of aromatic amines is 1. The van der Waals surface area contributed by atoms with Crippen molar-refractivity contribution < 1.29 is 23.9 Å². The van der Waals surface area contributed by atoms with Crippen molar-refractivity contribution in [1.82, 2.24) is 25.8 Å². The SMILES string of the molecule is C=CC12CN(C(=O)c3cc4c(OC)cccc4[nH]3)C(C(=O)NC(CC3CCNC3=O)C(=O)CNC3CC3)(C1)C2. The van der Waals surface area contributed by atoms with Crippen LogP contribution in [0.2, 0.25) is 0 Å².